The topological polar surface area (TPSA) is 86.7 Å². The predicted molar refractivity (Wildman–Crippen MR) is 70.4 cm³/mol. The minimum Gasteiger partial charge on any atom is -0.478 e. The molecule has 0 aliphatic carbocycles. The fraction of sp³-hybridized carbons (Fsp3) is 0.250. The number of aromatic carboxylic acids is 1. The first-order chi connectivity index (χ1) is 8.81. The number of rotatable bonds is 4. The second kappa shape index (κ2) is 6.19. The molecule has 0 spiro atoms. The minimum absolute atomic E-state index is 0.0135. The Kier molecular flexibility index (Phi) is 4.88. The fourth-order valence-electron chi connectivity index (χ4n) is 1.27. The first kappa shape index (κ1) is 15.0. The lowest BCUT2D eigenvalue weighted by molar-refractivity contribution is -0.131. The van der Waals surface area contributed by atoms with Crippen LogP contribution in [0.15, 0.2) is 18.2 Å². The van der Waals surface area contributed by atoms with E-state index in [0.29, 0.717) is 0 Å². The van der Waals surface area contributed by atoms with E-state index in [1.165, 1.54) is 37.1 Å². The van der Waals surface area contributed by atoms with Crippen LogP contribution in [0.2, 0.25) is 5.02 Å². The molecule has 2 amide bonds. The number of hydrogen-bond donors (Lipinski definition) is 2. The highest BCUT2D eigenvalue weighted by Crippen LogP contribution is 2.23. The number of likely N-dealkylation sites (N-methyl/N-ethyl adjacent to an activating group) is 1. The summed E-state index contributed by atoms with van der Waals surface area (Å²) in [6, 6.07) is 3.98. The Balaban J connectivity index is 2.81. The molecule has 102 valence electrons. The third kappa shape index (κ3) is 4.26. The number of carboxylic acids is 1. The molecular weight excluding hydrogens is 272 g/mol. The van der Waals surface area contributed by atoms with Crippen LogP contribution in [0.5, 0.6) is 0 Å². The Morgan fingerprint density at radius 1 is 1.37 bits per heavy atom. The second-order valence-corrected chi connectivity index (χ2v) is 4.33. The van der Waals surface area contributed by atoms with Crippen molar-refractivity contribution in [3.05, 3.63) is 28.8 Å². The number of anilines is 1. The minimum atomic E-state index is -1.12. The van der Waals surface area contributed by atoms with Gasteiger partial charge in [0, 0.05) is 14.0 Å². The van der Waals surface area contributed by atoms with Gasteiger partial charge in [-0.2, -0.15) is 0 Å². The van der Waals surface area contributed by atoms with E-state index in [1.54, 1.807) is 0 Å². The average Bonchev–Trinajstić information content (AvgIpc) is 2.31. The van der Waals surface area contributed by atoms with Gasteiger partial charge in [0.15, 0.2) is 0 Å². The molecule has 1 aromatic rings. The van der Waals surface area contributed by atoms with Crippen LogP contribution in [0.1, 0.15) is 17.3 Å². The number of halogens is 1. The van der Waals surface area contributed by atoms with Gasteiger partial charge < -0.3 is 15.3 Å². The number of carbonyl (C=O) groups excluding carboxylic acids is 2. The number of benzene rings is 1. The van der Waals surface area contributed by atoms with Crippen LogP contribution >= 0.6 is 11.6 Å². The van der Waals surface area contributed by atoms with E-state index in [9.17, 15) is 14.4 Å². The van der Waals surface area contributed by atoms with Crippen LogP contribution < -0.4 is 5.32 Å². The number of hydrogen-bond acceptors (Lipinski definition) is 3. The lowest BCUT2D eigenvalue weighted by Gasteiger charge is -2.15. The summed E-state index contributed by atoms with van der Waals surface area (Å²) in [5.41, 5.74) is 0.211. The maximum absolute atomic E-state index is 11.6. The van der Waals surface area contributed by atoms with Crippen molar-refractivity contribution in [2.45, 2.75) is 6.92 Å². The molecule has 0 radical (unpaired) electrons. The van der Waals surface area contributed by atoms with Gasteiger partial charge in [0.1, 0.15) is 0 Å². The number of nitrogens with zero attached hydrogens (tertiary/aromatic N) is 1. The average molecular weight is 285 g/mol. The number of carbonyl (C=O) groups is 3. The summed E-state index contributed by atoms with van der Waals surface area (Å²) >= 11 is 5.86. The lowest BCUT2D eigenvalue weighted by atomic mass is 10.2. The van der Waals surface area contributed by atoms with E-state index in [2.05, 4.69) is 5.32 Å². The molecule has 1 aromatic carbocycles. The smallest absolute Gasteiger partial charge is 0.335 e. The van der Waals surface area contributed by atoms with E-state index in [0.717, 1.165) is 0 Å². The zero-order valence-electron chi connectivity index (χ0n) is 10.4. The number of amides is 2. The lowest BCUT2D eigenvalue weighted by Crippen LogP contribution is -2.33. The summed E-state index contributed by atoms with van der Waals surface area (Å²) in [6.07, 6.45) is 0. The summed E-state index contributed by atoms with van der Waals surface area (Å²) in [5, 5.41) is 11.5. The van der Waals surface area contributed by atoms with Crippen LogP contribution in [0.25, 0.3) is 0 Å². The largest absolute Gasteiger partial charge is 0.478 e. The van der Waals surface area contributed by atoms with Gasteiger partial charge in [-0.3, -0.25) is 9.59 Å². The molecule has 0 bridgehead atoms. The van der Waals surface area contributed by atoms with Crippen molar-refractivity contribution in [1.82, 2.24) is 4.90 Å². The van der Waals surface area contributed by atoms with Gasteiger partial charge in [0.25, 0.3) is 0 Å². The molecule has 19 heavy (non-hydrogen) atoms. The van der Waals surface area contributed by atoms with Gasteiger partial charge in [-0.15, -0.1) is 0 Å². The number of nitrogens with one attached hydrogen (secondary N) is 1. The second-order valence-electron chi connectivity index (χ2n) is 3.92. The number of carboxylic acid groups (broad SMARTS) is 1. The Morgan fingerprint density at radius 2 is 2.00 bits per heavy atom. The van der Waals surface area contributed by atoms with Crippen LogP contribution in [0, 0.1) is 0 Å². The molecule has 0 aliphatic rings. The van der Waals surface area contributed by atoms with Crippen LogP contribution in [0.4, 0.5) is 5.69 Å². The first-order valence-electron chi connectivity index (χ1n) is 5.35. The van der Waals surface area contributed by atoms with E-state index in [1.807, 2.05) is 0 Å². The molecule has 0 fully saturated rings. The van der Waals surface area contributed by atoms with Crippen molar-refractivity contribution in [3.63, 3.8) is 0 Å². The predicted octanol–water partition coefficient (Wildman–Crippen LogP) is 1.45. The van der Waals surface area contributed by atoms with Crippen molar-refractivity contribution in [2.24, 2.45) is 0 Å². The summed E-state index contributed by atoms with van der Waals surface area (Å²) in [4.78, 5) is 34.7. The molecule has 0 aliphatic heterocycles. The zero-order valence-corrected chi connectivity index (χ0v) is 11.2. The molecule has 0 heterocycles. The Labute approximate surface area is 115 Å². The molecule has 1 rings (SSSR count). The van der Waals surface area contributed by atoms with E-state index in [-0.39, 0.29) is 28.7 Å². The molecular formula is C12H13ClN2O4. The quantitative estimate of drug-likeness (QED) is 0.876. The maximum Gasteiger partial charge on any atom is 0.335 e. The zero-order chi connectivity index (χ0) is 14.6. The van der Waals surface area contributed by atoms with E-state index < -0.39 is 11.9 Å². The standard InChI is InChI=1S/C12H13ClN2O4/c1-7(16)15(2)6-11(17)14-10-5-8(12(18)19)3-4-9(10)13/h3-5H,6H2,1-2H3,(H,14,17)(H,18,19). The van der Waals surface area contributed by atoms with E-state index >= 15 is 0 Å². The summed E-state index contributed by atoms with van der Waals surface area (Å²) < 4.78 is 0. The SMILES string of the molecule is CC(=O)N(C)CC(=O)Nc1cc(C(=O)O)ccc1Cl. The third-order valence-electron chi connectivity index (χ3n) is 2.41. The summed E-state index contributed by atoms with van der Waals surface area (Å²) in [5.74, 6) is -1.82. The van der Waals surface area contributed by atoms with Crippen molar-refractivity contribution in [3.8, 4) is 0 Å². The van der Waals surface area contributed by atoms with Gasteiger partial charge in [-0.1, -0.05) is 11.6 Å². The van der Waals surface area contributed by atoms with Crippen LogP contribution in [-0.2, 0) is 9.59 Å². The Bertz CT molecular complexity index is 530. The van der Waals surface area contributed by atoms with Gasteiger partial charge in [0.2, 0.25) is 11.8 Å². The molecule has 0 unspecified atom stereocenters. The molecule has 6 nitrogen and oxygen atoms in total. The Morgan fingerprint density at radius 3 is 2.53 bits per heavy atom. The monoisotopic (exact) mass is 284 g/mol. The third-order valence-corrected chi connectivity index (χ3v) is 2.74. The van der Waals surface area contributed by atoms with Crippen molar-refractivity contribution in [2.75, 3.05) is 18.9 Å². The summed E-state index contributed by atoms with van der Waals surface area (Å²) in [6.45, 7) is 1.20. The van der Waals surface area contributed by atoms with E-state index in [4.69, 9.17) is 16.7 Å². The van der Waals surface area contributed by atoms with Crippen molar-refractivity contribution >= 4 is 35.1 Å². The van der Waals surface area contributed by atoms with Gasteiger partial charge in [-0.25, -0.2) is 4.79 Å². The molecule has 0 aromatic heterocycles. The molecule has 7 heteroatoms. The van der Waals surface area contributed by atoms with Crippen molar-refractivity contribution in [1.29, 1.82) is 0 Å². The van der Waals surface area contributed by atoms with Gasteiger partial charge >= 0.3 is 5.97 Å². The Hall–Kier alpha value is -2.08. The normalized spacial score (nSPS) is 9.84. The highest BCUT2D eigenvalue weighted by molar-refractivity contribution is 6.33. The van der Waals surface area contributed by atoms with Crippen LogP contribution in [-0.4, -0.2) is 41.4 Å². The van der Waals surface area contributed by atoms with Crippen LogP contribution in [0.3, 0.4) is 0 Å². The van der Waals surface area contributed by atoms with Crippen molar-refractivity contribution < 1.29 is 19.5 Å². The molecule has 0 atom stereocenters. The molecule has 2 N–H and O–H groups in total. The van der Waals surface area contributed by atoms with Gasteiger partial charge in [-0.05, 0) is 18.2 Å². The van der Waals surface area contributed by atoms with Gasteiger partial charge in [0.05, 0.1) is 22.8 Å². The highest BCUT2D eigenvalue weighted by atomic mass is 35.5. The summed E-state index contributed by atoms with van der Waals surface area (Å²) in [7, 11) is 1.48. The maximum atomic E-state index is 11.6. The molecule has 0 saturated heterocycles. The highest BCUT2D eigenvalue weighted by Gasteiger charge is 2.12. The first-order valence-corrected chi connectivity index (χ1v) is 5.73. The fourth-order valence-corrected chi connectivity index (χ4v) is 1.44. The molecule has 0 saturated carbocycles.